The molecule has 0 aliphatic heterocycles. The molecule has 3 unspecified atom stereocenters. The van der Waals surface area contributed by atoms with E-state index in [0.29, 0.717) is 0 Å². The lowest BCUT2D eigenvalue weighted by molar-refractivity contribution is -0.170. The second kappa shape index (κ2) is 16.1. The van der Waals surface area contributed by atoms with Crippen molar-refractivity contribution in [3.63, 3.8) is 0 Å². The molecule has 0 radical (unpaired) electrons. The largest absolute Gasteiger partial charge is 0.479 e. The molecule has 0 heterocycles. The molecular weight excluding hydrogens is 336 g/mol. The predicted octanol–water partition coefficient (Wildman–Crippen LogP) is 3.67. The minimum absolute atomic E-state index is 0.170. The number of ether oxygens (including phenoxy) is 1. The van der Waals surface area contributed by atoms with Crippen LogP contribution in [0.4, 0.5) is 0 Å². The van der Waals surface area contributed by atoms with E-state index in [0.717, 1.165) is 38.5 Å². The van der Waals surface area contributed by atoms with Crippen molar-refractivity contribution in [2.45, 2.75) is 103 Å². The van der Waals surface area contributed by atoms with Crippen LogP contribution in [0, 0.1) is 5.92 Å². The zero-order valence-corrected chi connectivity index (χ0v) is 16.5. The summed E-state index contributed by atoms with van der Waals surface area (Å²) in [5.74, 6) is -2.49. The summed E-state index contributed by atoms with van der Waals surface area (Å²) in [6.45, 7) is 4.52. The summed E-state index contributed by atoms with van der Waals surface area (Å²) in [4.78, 5) is 22.3. The molecule has 0 amide bonds. The molecule has 3 atom stereocenters. The molecule has 3 N–H and O–H groups in total. The maximum absolute atomic E-state index is 11.7. The van der Waals surface area contributed by atoms with Gasteiger partial charge in [-0.1, -0.05) is 78.1 Å². The first-order chi connectivity index (χ1) is 12.4. The number of esters is 1. The van der Waals surface area contributed by atoms with Crippen LogP contribution in [0.1, 0.15) is 90.9 Å². The number of aliphatic carboxylic acids is 1. The monoisotopic (exact) mass is 374 g/mol. The maximum atomic E-state index is 11.7. The van der Waals surface area contributed by atoms with E-state index >= 15 is 0 Å². The summed E-state index contributed by atoms with van der Waals surface area (Å²) in [7, 11) is 0. The molecular formula is C20H38O6. The third-order valence-corrected chi connectivity index (χ3v) is 4.69. The lowest BCUT2D eigenvalue weighted by Crippen LogP contribution is -2.41. The SMILES string of the molecule is CCCCCCCCC(CCCCCC)COC(=O)C(O)C(O)C(=O)O. The van der Waals surface area contributed by atoms with Crippen molar-refractivity contribution < 1.29 is 29.6 Å². The van der Waals surface area contributed by atoms with Gasteiger partial charge in [-0.3, -0.25) is 0 Å². The van der Waals surface area contributed by atoms with Gasteiger partial charge in [-0.2, -0.15) is 0 Å². The Morgan fingerprint density at radius 2 is 1.23 bits per heavy atom. The summed E-state index contributed by atoms with van der Waals surface area (Å²) in [6.07, 6.45) is 9.52. The maximum Gasteiger partial charge on any atom is 0.338 e. The second-order valence-corrected chi connectivity index (χ2v) is 7.13. The smallest absolute Gasteiger partial charge is 0.338 e. The molecule has 0 aromatic carbocycles. The highest BCUT2D eigenvalue weighted by Crippen LogP contribution is 2.19. The molecule has 0 fully saturated rings. The fraction of sp³-hybridized carbons (Fsp3) is 0.900. The van der Waals surface area contributed by atoms with Crippen molar-refractivity contribution in [2.75, 3.05) is 6.61 Å². The van der Waals surface area contributed by atoms with E-state index in [4.69, 9.17) is 9.84 Å². The number of hydrogen-bond acceptors (Lipinski definition) is 5. The topological polar surface area (TPSA) is 104 Å². The molecule has 26 heavy (non-hydrogen) atoms. The Balaban J connectivity index is 4.27. The average Bonchev–Trinajstić information content (AvgIpc) is 2.63. The van der Waals surface area contributed by atoms with Gasteiger partial charge in [-0.15, -0.1) is 0 Å². The first kappa shape index (κ1) is 24.9. The fourth-order valence-corrected chi connectivity index (χ4v) is 2.93. The molecule has 0 bridgehead atoms. The number of unbranched alkanes of at least 4 members (excludes halogenated alkanes) is 8. The Morgan fingerprint density at radius 1 is 0.769 bits per heavy atom. The number of aliphatic hydroxyl groups excluding tert-OH is 2. The molecule has 154 valence electrons. The molecule has 0 saturated heterocycles. The van der Waals surface area contributed by atoms with Crippen molar-refractivity contribution in [1.29, 1.82) is 0 Å². The van der Waals surface area contributed by atoms with Gasteiger partial charge in [0.15, 0.2) is 12.2 Å². The quantitative estimate of drug-likeness (QED) is 0.265. The van der Waals surface area contributed by atoms with Gasteiger partial charge in [0.05, 0.1) is 6.61 Å². The van der Waals surface area contributed by atoms with Crippen LogP contribution < -0.4 is 0 Å². The van der Waals surface area contributed by atoms with Gasteiger partial charge in [0, 0.05) is 0 Å². The van der Waals surface area contributed by atoms with E-state index < -0.39 is 24.1 Å². The number of carbonyl (C=O) groups is 2. The van der Waals surface area contributed by atoms with E-state index in [-0.39, 0.29) is 12.5 Å². The van der Waals surface area contributed by atoms with Crippen LogP contribution in [-0.2, 0) is 14.3 Å². The molecule has 0 rings (SSSR count). The summed E-state index contributed by atoms with van der Waals surface area (Å²) in [5.41, 5.74) is 0. The number of carboxylic acids is 1. The highest BCUT2D eigenvalue weighted by Gasteiger charge is 2.31. The van der Waals surface area contributed by atoms with E-state index in [1.54, 1.807) is 0 Å². The van der Waals surface area contributed by atoms with Crippen molar-refractivity contribution in [2.24, 2.45) is 5.92 Å². The Bertz CT molecular complexity index is 371. The summed E-state index contributed by atoms with van der Waals surface area (Å²) < 4.78 is 5.08. The van der Waals surface area contributed by atoms with Crippen molar-refractivity contribution in [3.05, 3.63) is 0 Å². The standard InChI is InChI=1S/C20H38O6/c1-3-5-7-9-10-12-14-16(13-11-8-6-4-2)15-26-20(25)18(22)17(21)19(23)24/h16-18,21-22H,3-15H2,1-2H3,(H,23,24). The summed E-state index contributed by atoms with van der Waals surface area (Å²) in [6, 6.07) is 0. The number of carboxylic acid groups (broad SMARTS) is 1. The molecule has 0 aliphatic rings. The number of rotatable bonds is 17. The van der Waals surface area contributed by atoms with Gasteiger partial charge in [0.1, 0.15) is 0 Å². The Labute approximate surface area is 157 Å². The zero-order chi connectivity index (χ0) is 19.8. The lowest BCUT2D eigenvalue weighted by atomic mass is 9.95. The fourth-order valence-electron chi connectivity index (χ4n) is 2.93. The Kier molecular flexibility index (Phi) is 15.4. The third-order valence-electron chi connectivity index (χ3n) is 4.69. The van der Waals surface area contributed by atoms with Crippen LogP contribution in [0.2, 0.25) is 0 Å². The molecule has 0 aromatic heterocycles. The van der Waals surface area contributed by atoms with Gasteiger partial charge in [0.2, 0.25) is 0 Å². The minimum atomic E-state index is -2.15. The van der Waals surface area contributed by atoms with Crippen molar-refractivity contribution in [1.82, 2.24) is 0 Å². The van der Waals surface area contributed by atoms with Crippen LogP contribution in [0.5, 0.6) is 0 Å². The molecule has 0 spiro atoms. The lowest BCUT2D eigenvalue weighted by Gasteiger charge is -2.19. The second-order valence-electron chi connectivity index (χ2n) is 7.13. The summed E-state index contributed by atoms with van der Waals surface area (Å²) in [5, 5.41) is 27.4. The van der Waals surface area contributed by atoms with Crippen LogP contribution in [0.25, 0.3) is 0 Å². The number of hydrogen-bond donors (Lipinski definition) is 3. The molecule has 0 aliphatic carbocycles. The van der Waals surface area contributed by atoms with E-state index in [1.165, 1.54) is 38.5 Å². The van der Waals surface area contributed by atoms with Crippen molar-refractivity contribution in [3.8, 4) is 0 Å². The van der Waals surface area contributed by atoms with Gasteiger partial charge in [-0.05, 0) is 18.8 Å². The van der Waals surface area contributed by atoms with Crippen LogP contribution >= 0.6 is 0 Å². The average molecular weight is 375 g/mol. The van der Waals surface area contributed by atoms with Gasteiger partial charge < -0.3 is 20.1 Å². The third kappa shape index (κ3) is 12.3. The predicted molar refractivity (Wildman–Crippen MR) is 101 cm³/mol. The Morgan fingerprint density at radius 3 is 1.73 bits per heavy atom. The van der Waals surface area contributed by atoms with E-state index in [9.17, 15) is 19.8 Å². The molecule has 0 saturated carbocycles. The van der Waals surface area contributed by atoms with E-state index in [2.05, 4.69) is 13.8 Å². The highest BCUT2D eigenvalue weighted by atomic mass is 16.6. The van der Waals surface area contributed by atoms with Crippen molar-refractivity contribution >= 4 is 11.9 Å². The first-order valence-corrected chi connectivity index (χ1v) is 10.2. The summed E-state index contributed by atoms with van der Waals surface area (Å²) >= 11 is 0. The molecule has 6 heteroatoms. The van der Waals surface area contributed by atoms with Gasteiger partial charge in [-0.25, -0.2) is 9.59 Å². The Hall–Kier alpha value is -1.14. The number of carbonyl (C=O) groups excluding carboxylic acids is 1. The van der Waals surface area contributed by atoms with Gasteiger partial charge >= 0.3 is 11.9 Å². The van der Waals surface area contributed by atoms with Crippen LogP contribution in [0.3, 0.4) is 0 Å². The highest BCUT2D eigenvalue weighted by molar-refractivity contribution is 5.84. The molecule has 6 nitrogen and oxygen atoms in total. The van der Waals surface area contributed by atoms with Crippen LogP contribution in [0.15, 0.2) is 0 Å². The van der Waals surface area contributed by atoms with Crippen LogP contribution in [-0.4, -0.2) is 46.1 Å². The van der Waals surface area contributed by atoms with E-state index in [1.807, 2.05) is 0 Å². The first-order valence-electron chi connectivity index (χ1n) is 10.2. The normalized spacial score (nSPS) is 14.6. The molecule has 0 aromatic rings. The minimum Gasteiger partial charge on any atom is -0.479 e. The van der Waals surface area contributed by atoms with Gasteiger partial charge in [0.25, 0.3) is 0 Å². The zero-order valence-electron chi connectivity index (χ0n) is 16.5. The number of aliphatic hydroxyl groups is 2.